The average Bonchev–Trinajstić information content (AvgIpc) is 3.32. The summed E-state index contributed by atoms with van der Waals surface area (Å²) in [4.78, 5) is 15.6. The van der Waals surface area contributed by atoms with Gasteiger partial charge in [-0.1, -0.05) is 24.3 Å². The molecule has 4 heteroatoms. The molecule has 0 radical (unpaired) electrons. The molecule has 2 aliphatic rings. The third-order valence-corrected chi connectivity index (χ3v) is 4.78. The van der Waals surface area contributed by atoms with Crippen molar-refractivity contribution in [3.05, 3.63) is 35.4 Å². The predicted molar refractivity (Wildman–Crippen MR) is 82.4 cm³/mol. The molecule has 0 bridgehead atoms. The van der Waals surface area contributed by atoms with E-state index in [2.05, 4.69) is 34.1 Å². The molecule has 1 heterocycles. The number of hydrogen-bond acceptors (Lipinski definition) is 3. The minimum Gasteiger partial charge on any atom is -0.480 e. The monoisotopic (exact) mass is 288 g/mol. The van der Waals surface area contributed by atoms with Crippen LogP contribution in [0, 0.1) is 0 Å². The highest BCUT2D eigenvalue weighted by Gasteiger charge is 2.28. The first kappa shape index (κ1) is 14.5. The Bertz CT molecular complexity index is 505. The Balaban J connectivity index is 1.57. The number of carboxylic acid groups (broad SMARTS) is 1. The van der Waals surface area contributed by atoms with Crippen molar-refractivity contribution in [2.75, 3.05) is 26.2 Å². The molecule has 2 fully saturated rings. The molecular weight excluding hydrogens is 264 g/mol. The summed E-state index contributed by atoms with van der Waals surface area (Å²) in [5.74, 6) is 0.0667. The van der Waals surface area contributed by atoms with Crippen molar-refractivity contribution in [1.82, 2.24) is 9.80 Å². The van der Waals surface area contributed by atoms with Crippen LogP contribution in [0.3, 0.4) is 0 Å². The highest BCUT2D eigenvalue weighted by atomic mass is 16.4. The van der Waals surface area contributed by atoms with Gasteiger partial charge in [-0.2, -0.15) is 0 Å². The van der Waals surface area contributed by atoms with Crippen LogP contribution >= 0.6 is 0 Å². The van der Waals surface area contributed by atoms with E-state index in [1.54, 1.807) is 6.92 Å². The summed E-state index contributed by atoms with van der Waals surface area (Å²) in [6.07, 6.45) is 2.67. The lowest BCUT2D eigenvalue weighted by atomic mass is 10.0. The van der Waals surface area contributed by atoms with E-state index in [0.29, 0.717) is 0 Å². The molecule has 1 N–H and O–H groups in total. The zero-order valence-corrected chi connectivity index (χ0v) is 12.7. The molecule has 1 atom stereocenters. The zero-order valence-electron chi connectivity index (χ0n) is 12.7. The van der Waals surface area contributed by atoms with Gasteiger partial charge in [-0.15, -0.1) is 0 Å². The Morgan fingerprint density at radius 3 is 2.52 bits per heavy atom. The fourth-order valence-corrected chi connectivity index (χ4v) is 3.18. The van der Waals surface area contributed by atoms with Crippen molar-refractivity contribution in [2.24, 2.45) is 0 Å². The molecule has 1 aliphatic heterocycles. The topological polar surface area (TPSA) is 43.8 Å². The molecule has 0 spiro atoms. The molecule has 1 saturated carbocycles. The molecule has 0 aromatic heterocycles. The van der Waals surface area contributed by atoms with E-state index in [1.165, 1.54) is 24.0 Å². The predicted octanol–water partition coefficient (Wildman–Crippen LogP) is 2.15. The summed E-state index contributed by atoms with van der Waals surface area (Å²) in [5.41, 5.74) is 2.98. The summed E-state index contributed by atoms with van der Waals surface area (Å²) in [6.45, 7) is 6.38. The van der Waals surface area contributed by atoms with Gasteiger partial charge in [0.05, 0.1) is 0 Å². The van der Waals surface area contributed by atoms with Gasteiger partial charge in [-0.3, -0.25) is 14.6 Å². The maximum absolute atomic E-state index is 11.0. The fraction of sp³-hybridized carbons (Fsp3) is 0.588. The summed E-state index contributed by atoms with van der Waals surface area (Å²) in [7, 11) is 0. The first-order valence-corrected chi connectivity index (χ1v) is 7.92. The number of piperazine rings is 1. The van der Waals surface area contributed by atoms with Crippen LogP contribution in [0.25, 0.3) is 0 Å². The second-order valence-corrected chi connectivity index (χ2v) is 6.30. The van der Waals surface area contributed by atoms with Crippen LogP contribution in [0.5, 0.6) is 0 Å². The first-order valence-electron chi connectivity index (χ1n) is 7.92. The van der Waals surface area contributed by atoms with Gasteiger partial charge in [-0.25, -0.2) is 0 Å². The minimum atomic E-state index is -0.720. The van der Waals surface area contributed by atoms with Gasteiger partial charge in [-0.05, 0) is 36.8 Å². The Morgan fingerprint density at radius 2 is 1.90 bits per heavy atom. The lowest BCUT2D eigenvalue weighted by Crippen LogP contribution is -2.51. The van der Waals surface area contributed by atoms with Crippen LogP contribution in [-0.2, 0) is 11.3 Å². The van der Waals surface area contributed by atoms with Gasteiger partial charge in [0.2, 0.25) is 0 Å². The van der Waals surface area contributed by atoms with E-state index in [-0.39, 0.29) is 6.04 Å². The van der Waals surface area contributed by atoms with Crippen LogP contribution in [0.15, 0.2) is 24.3 Å². The molecule has 3 rings (SSSR count). The molecule has 1 aromatic rings. The molecule has 1 saturated heterocycles. The van der Waals surface area contributed by atoms with Gasteiger partial charge in [0, 0.05) is 32.7 Å². The van der Waals surface area contributed by atoms with Crippen LogP contribution in [-0.4, -0.2) is 53.1 Å². The van der Waals surface area contributed by atoms with Crippen LogP contribution in [0.2, 0.25) is 0 Å². The zero-order chi connectivity index (χ0) is 14.8. The Labute approximate surface area is 126 Å². The summed E-state index contributed by atoms with van der Waals surface area (Å²) < 4.78 is 0. The smallest absolute Gasteiger partial charge is 0.320 e. The van der Waals surface area contributed by atoms with Crippen molar-refractivity contribution >= 4 is 5.97 Å². The quantitative estimate of drug-likeness (QED) is 0.901. The Hall–Kier alpha value is -1.39. The number of nitrogens with zero attached hydrogens (tertiary/aromatic N) is 2. The maximum atomic E-state index is 11.0. The lowest BCUT2D eigenvalue weighted by molar-refractivity contribution is -0.143. The van der Waals surface area contributed by atoms with Crippen molar-refractivity contribution < 1.29 is 9.90 Å². The van der Waals surface area contributed by atoms with Crippen molar-refractivity contribution in [1.29, 1.82) is 0 Å². The molecule has 4 nitrogen and oxygen atoms in total. The second-order valence-electron chi connectivity index (χ2n) is 6.30. The largest absolute Gasteiger partial charge is 0.480 e. The number of benzene rings is 1. The normalized spacial score (nSPS) is 22.1. The highest BCUT2D eigenvalue weighted by molar-refractivity contribution is 5.72. The third kappa shape index (κ3) is 3.44. The number of rotatable bonds is 5. The number of carboxylic acids is 1. The van der Waals surface area contributed by atoms with Crippen LogP contribution in [0.1, 0.15) is 36.8 Å². The number of hydrogen-bond donors (Lipinski definition) is 1. The van der Waals surface area contributed by atoms with Gasteiger partial charge in [0.25, 0.3) is 0 Å². The van der Waals surface area contributed by atoms with E-state index < -0.39 is 5.97 Å². The van der Waals surface area contributed by atoms with E-state index >= 15 is 0 Å². The minimum absolute atomic E-state index is 0.370. The fourth-order valence-electron chi connectivity index (χ4n) is 3.18. The molecular formula is C17H24N2O2. The van der Waals surface area contributed by atoms with Gasteiger partial charge < -0.3 is 5.11 Å². The third-order valence-electron chi connectivity index (χ3n) is 4.78. The molecule has 0 amide bonds. The summed E-state index contributed by atoms with van der Waals surface area (Å²) in [6, 6.07) is 8.43. The molecule has 114 valence electrons. The molecule has 1 aromatic carbocycles. The number of carbonyl (C=O) groups is 1. The SMILES string of the molecule is CC(C(=O)O)N1CCN(Cc2ccccc2C2CC2)CC1. The van der Waals surface area contributed by atoms with E-state index in [1.807, 2.05) is 0 Å². The van der Waals surface area contributed by atoms with Gasteiger partial charge in [0.1, 0.15) is 6.04 Å². The van der Waals surface area contributed by atoms with E-state index in [9.17, 15) is 4.79 Å². The molecule has 21 heavy (non-hydrogen) atoms. The van der Waals surface area contributed by atoms with Crippen LogP contribution < -0.4 is 0 Å². The highest BCUT2D eigenvalue weighted by Crippen LogP contribution is 2.41. The van der Waals surface area contributed by atoms with Crippen LogP contribution in [0.4, 0.5) is 0 Å². The molecule has 1 unspecified atom stereocenters. The first-order chi connectivity index (χ1) is 10.1. The maximum Gasteiger partial charge on any atom is 0.320 e. The second kappa shape index (κ2) is 6.16. The Kier molecular flexibility index (Phi) is 4.27. The van der Waals surface area contributed by atoms with Gasteiger partial charge >= 0.3 is 5.97 Å². The lowest BCUT2D eigenvalue weighted by Gasteiger charge is -2.36. The standard InChI is InChI=1S/C17H24N2O2/c1-13(17(20)21)19-10-8-18(9-11-19)12-15-4-2-3-5-16(15)14-6-7-14/h2-5,13-14H,6-12H2,1H3,(H,20,21). The number of aliphatic carboxylic acids is 1. The van der Waals surface area contributed by atoms with Gasteiger partial charge in [0.15, 0.2) is 0 Å². The summed E-state index contributed by atoms with van der Waals surface area (Å²) in [5, 5.41) is 9.08. The van der Waals surface area contributed by atoms with E-state index in [0.717, 1.165) is 38.6 Å². The van der Waals surface area contributed by atoms with Crippen molar-refractivity contribution in [3.63, 3.8) is 0 Å². The van der Waals surface area contributed by atoms with Crippen molar-refractivity contribution in [3.8, 4) is 0 Å². The summed E-state index contributed by atoms with van der Waals surface area (Å²) >= 11 is 0. The Morgan fingerprint density at radius 1 is 1.24 bits per heavy atom. The van der Waals surface area contributed by atoms with Crippen molar-refractivity contribution in [2.45, 2.75) is 38.3 Å². The van der Waals surface area contributed by atoms with E-state index in [4.69, 9.17) is 5.11 Å². The average molecular weight is 288 g/mol. The molecule has 1 aliphatic carbocycles.